The van der Waals surface area contributed by atoms with Gasteiger partial charge >= 0.3 is 0 Å². The maximum Gasteiger partial charge on any atom is 0.206 e. The molecule has 1 aromatic rings. The van der Waals surface area contributed by atoms with E-state index < -0.39 is 0 Å². The highest BCUT2D eigenvalue weighted by atomic mass is 79.9. The summed E-state index contributed by atoms with van der Waals surface area (Å²) in [5.41, 5.74) is 0.905. The summed E-state index contributed by atoms with van der Waals surface area (Å²) in [5, 5.41) is 4.33. The lowest BCUT2D eigenvalue weighted by Crippen LogP contribution is -2.17. The molecule has 0 spiro atoms. The lowest BCUT2D eigenvalue weighted by Gasteiger charge is -2.04. The van der Waals surface area contributed by atoms with Gasteiger partial charge in [-0.1, -0.05) is 20.7 Å². The molecule has 12 heavy (non-hydrogen) atoms. The average molecular weight is 230 g/mol. The first-order valence-electron chi connectivity index (χ1n) is 4.22. The van der Waals surface area contributed by atoms with E-state index in [1.165, 1.54) is 0 Å². The van der Waals surface area contributed by atoms with Gasteiger partial charge in [0, 0.05) is 6.54 Å². The number of halogens is 1. The van der Waals surface area contributed by atoms with Crippen LogP contribution in [0.3, 0.4) is 0 Å². The van der Waals surface area contributed by atoms with Crippen LogP contribution in [0.25, 0.3) is 0 Å². The van der Waals surface area contributed by atoms with Crippen LogP contribution >= 0.6 is 15.9 Å². The van der Waals surface area contributed by atoms with Crippen LogP contribution in [0, 0.1) is 5.92 Å². The molecule has 0 atom stereocenters. The topological polar surface area (TPSA) is 30.7 Å². The Bertz CT molecular complexity index is 259. The highest BCUT2D eigenvalue weighted by molar-refractivity contribution is 9.10. The minimum absolute atomic E-state index is 0.604. The third kappa shape index (κ3) is 2.34. The molecular weight excluding hydrogens is 217 g/mol. The average Bonchev–Trinajstić information content (AvgIpc) is 2.31. The molecular formula is C7H13BBrN3. The fraction of sp³-hybridized carbons (Fsp3) is 0.714. The van der Waals surface area contributed by atoms with Gasteiger partial charge in [-0.15, -0.1) is 0 Å². The molecule has 1 aromatic heterocycles. The third-order valence-electron chi connectivity index (χ3n) is 1.52. The summed E-state index contributed by atoms with van der Waals surface area (Å²) in [6, 6.07) is 0. The smallest absolute Gasteiger partial charge is 0.206 e. The molecule has 0 unspecified atom stereocenters. The number of rotatable bonds is 3. The van der Waals surface area contributed by atoms with E-state index in [9.17, 15) is 0 Å². The SMILES string of the molecule is CBc1nc(Br)n(CC(C)C)n1. The standard InChI is InChI=1S/C7H13BBrN3/c1-5(2)4-12-7(9)10-6(8-3)11-12/h5,8H,4H2,1-3H3. The van der Waals surface area contributed by atoms with E-state index in [-0.39, 0.29) is 0 Å². The summed E-state index contributed by atoms with van der Waals surface area (Å²) >= 11 is 3.38. The molecule has 0 aromatic carbocycles. The number of hydrogen-bond donors (Lipinski definition) is 0. The zero-order chi connectivity index (χ0) is 9.14. The van der Waals surface area contributed by atoms with Gasteiger partial charge in [-0.25, -0.2) is 9.67 Å². The normalized spacial score (nSPS) is 10.8. The van der Waals surface area contributed by atoms with Crippen molar-refractivity contribution in [1.29, 1.82) is 0 Å². The molecule has 0 aliphatic rings. The molecule has 1 heterocycles. The van der Waals surface area contributed by atoms with Gasteiger partial charge in [0.15, 0.2) is 4.73 Å². The molecule has 0 amide bonds. The van der Waals surface area contributed by atoms with Crippen LogP contribution in [0.1, 0.15) is 13.8 Å². The van der Waals surface area contributed by atoms with Crippen molar-refractivity contribution in [3.8, 4) is 0 Å². The van der Waals surface area contributed by atoms with Gasteiger partial charge in [0.2, 0.25) is 7.28 Å². The Hall–Kier alpha value is -0.315. The zero-order valence-electron chi connectivity index (χ0n) is 7.71. The zero-order valence-corrected chi connectivity index (χ0v) is 9.30. The first-order chi connectivity index (χ1) is 5.63. The maximum absolute atomic E-state index is 4.33. The molecule has 0 radical (unpaired) electrons. The summed E-state index contributed by atoms with van der Waals surface area (Å²) in [4.78, 5) is 4.25. The first-order valence-corrected chi connectivity index (χ1v) is 5.02. The summed E-state index contributed by atoms with van der Waals surface area (Å²) in [6.45, 7) is 7.31. The van der Waals surface area contributed by atoms with E-state index in [1.54, 1.807) is 0 Å². The van der Waals surface area contributed by atoms with Crippen molar-refractivity contribution in [3.05, 3.63) is 4.73 Å². The molecule has 3 nitrogen and oxygen atoms in total. The molecule has 0 saturated heterocycles. The van der Waals surface area contributed by atoms with Crippen LogP contribution in [-0.4, -0.2) is 22.0 Å². The van der Waals surface area contributed by atoms with Crippen LogP contribution in [-0.2, 0) is 6.54 Å². The molecule has 0 bridgehead atoms. The summed E-state index contributed by atoms with van der Waals surface area (Å²) in [6.07, 6.45) is 0. The van der Waals surface area contributed by atoms with Crippen LogP contribution in [0.2, 0.25) is 6.82 Å². The van der Waals surface area contributed by atoms with Gasteiger partial charge in [-0.05, 0) is 21.8 Å². The van der Waals surface area contributed by atoms with Gasteiger partial charge < -0.3 is 0 Å². The predicted molar refractivity (Wildman–Crippen MR) is 55.2 cm³/mol. The molecule has 0 fully saturated rings. The molecule has 1 rings (SSSR count). The van der Waals surface area contributed by atoms with Crippen LogP contribution in [0.4, 0.5) is 0 Å². The second-order valence-electron chi connectivity index (χ2n) is 3.23. The van der Waals surface area contributed by atoms with Crippen LogP contribution in [0.15, 0.2) is 4.73 Å². The van der Waals surface area contributed by atoms with E-state index in [0.717, 1.165) is 24.3 Å². The van der Waals surface area contributed by atoms with Crippen LogP contribution < -0.4 is 5.72 Å². The first kappa shape index (κ1) is 9.77. The predicted octanol–water partition coefficient (Wildman–Crippen LogP) is 0.806. The van der Waals surface area contributed by atoms with E-state index in [2.05, 4.69) is 46.7 Å². The van der Waals surface area contributed by atoms with Gasteiger partial charge in [-0.3, -0.25) is 0 Å². The second kappa shape index (κ2) is 4.07. The third-order valence-corrected chi connectivity index (χ3v) is 2.11. The van der Waals surface area contributed by atoms with Crippen molar-refractivity contribution >= 4 is 28.9 Å². The highest BCUT2D eigenvalue weighted by Crippen LogP contribution is 2.05. The Labute approximate surface area is 81.9 Å². The molecule has 0 saturated carbocycles. The van der Waals surface area contributed by atoms with Gasteiger partial charge in [0.1, 0.15) is 5.72 Å². The van der Waals surface area contributed by atoms with Crippen molar-refractivity contribution in [2.45, 2.75) is 27.2 Å². The van der Waals surface area contributed by atoms with E-state index in [0.29, 0.717) is 5.92 Å². The lowest BCUT2D eigenvalue weighted by molar-refractivity contribution is 0.476. The minimum Gasteiger partial charge on any atom is -0.241 e. The monoisotopic (exact) mass is 229 g/mol. The largest absolute Gasteiger partial charge is 0.241 e. The summed E-state index contributed by atoms with van der Waals surface area (Å²) in [7, 11) is 0.893. The van der Waals surface area contributed by atoms with Crippen molar-refractivity contribution in [3.63, 3.8) is 0 Å². The minimum atomic E-state index is 0.604. The van der Waals surface area contributed by atoms with Crippen molar-refractivity contribution in [2.24, 2.45) is 5.92 Å². The number of aromatic nitrogens is 3. The maximum atomic E-state index is 4.33. The van der Waals surface area contributed by atoms with Crippen molar-refractivity contribution in [2.75, 3.05) is 0 Å². The highest BCUT2D eigenvalue weighted by Gasteiger charge is 2.06. The van der Waals surface area contributed by atoms with E-state index >= 15 is 0 Å². The van der Waals surface area contributed by atoms with E-state index in [4.69, 9.17) is 0 Å². The van der Waals surface area contributed by atoms with Crippen molar-refractivity contribution in [1.82, 2.24) is 14.8 Å². The van der Waals surface area contributed by atoms with Gasteiger partial charge in [0.25, 0.3) is 0 Å². The Morgan fingerprint density at radius 3 is 2.67 bits per heavy atom. The van der Waals surface area contributed by atoms with Crippen LogP contribution in [0.5, 0.6) is 0 Å². The lowest BCUT2D eigenvalue weighted by atomic mass is 9.82. The molecule has 0 N–H and O–H groups in total. The molecule has 0 aliphatic heterocycles. The summed E-state index contributed by atoms with van der Waals surface area (Å²) < 4.78 is 2.75. The Morgan fingerprint density at radius 1 is 1.58 bits per heavy atom. The summed E-state index contributed by atoms with van der Waals surface area (Å²) in [5.74, 6) is 0.604. The van der Waals surface area contributed by atoms with Gasteiger partial charge in [0.05, 0.1) is 0 Å². The molecule has 0 aliphatic carbocycles. The molecule has 66 valence electrons. The second-order valence-corrected chi connectivity index (χ2v) is 3.94. The van der Waals surface area contributed by atoms with Gasteiger partial charge in [-0.2, -0.15) is 5.10 Å². The quantitative estimate of drug-likeness (QED) is 0.719. The molecule has 5 heteroatoms. The fourth-order valence-corrected chi connectivity index (χ4v) is 1.41. The Morgan fingerprint density at radius 2 is 2.25 bits per heavy atom. The van der Waals surface area contributed by atoms with E-state index in [1.807, 2.05) is 4.68 Å². The Balaban J connectivity index is 2.77. The fourth-order valence-electron chi connectivity index (χ4n) is 0.979. The number of hydrogen-bond acceptors (Lipinski definition) is 2. The Kier molecular flexibility index (Phi) is 3.32. The van der Waals surface area contributed by atoms with Crippen molar-refractivity contribution < 1.29 is 0 Å². The number of nitrogens with zero attached hydrogens (tertiary/aromatic N) is 3.